The first kappa shape index (κ1) is 19.2. The molecule has 30 heavy (non-hydrogen) atoms. The first-order valence-corrected chi connectivity index (χ1v) is 8.67. The molecule has 2 heterocycles. The Labute approximate surface area is 167 Å². The highest BCUT2D eigenvalue weighted by Gasteiger charge is 2.31. The number of halogens is 3. The van der Waals surface area contributed by atoms with Crippen LogP contribution >= 0.6 is 0 Å². The molecule has 0 saturated heterocycles. The second-order valence-corrected chi connectivity index (χ2v) is 6.26. The fraction of sp³-hybridized carbons (Fsp3) is 0.0500. The van der Waals surface area contributed by atoms with Gasteiger partial charge in [0.05, 0.1) is 5.69 Å². The Morgan fingerprint density at radius 3 is 2.33 bits per heavy atom. The van der Waals surface area contributed by atoms with Crippen LogP contribution in [0.25, 0.3) is 16.9 Å². The molecule has 0 saturated carbocycles. The lowest BCUT2D eigenvalue weighted by Gasteiger charge is -2.09. The molecule has 0 aliphatic heterocycles. The van der Waals surface area contributed by atoms with E-state index in [1.54, 1.807) is 47.0 Å². The van der Waals surface area contributed by atoms with Crippen molar-refractivity contribution in [2.75, 3.05) is 5.32 Å². The SMILES string of the molecule is NC(=O)c1ccc(Nc2nc3cccc(-c4ccc(OC(F)(F)F)cc4)n3n2)cc1. The van der Waals surface area contributed by atoms with Crippen molar-refractivity contribution in [3.05, 3.63) is 72.3 Å². The average Bonchev–Trinajstić information content (AvgIpc) is 3.10. The number of amides is 1. The number of alkyl halides is 3. The Morgan fingerprint density at radius 2 is 1.70 bits per heavy atom. The van der Waals surface area contributed by atoms with E-state index < -0.39 is 12.3 Å². The van der Waals surface area contributed by atoms with Crippen LogP contribution in [-0.4, -0.2) is 26.9 Å². The summed E-state index contributed by atoms with van der Waals surface area (Å²) in [5, 5.41) is 7.45. The van der Waals surface area contributed by atoms with Crippen LogP contribution in [0.5, 0.6) is 5.75 Å². The fourth-order valence-corrected chi connectivity index (χ4v) is 2.85. The van der Waals surface area contributed by atoms with E-state index in [0.29, 0.717) is 34.1 Å². The summed E-state index contributed by atoms with van der Waals surface area (Å²) in [7, 11) is 0. The third-order valence-electron chi connectivity index (χ3n) is 4.17. The molecule has 1 amide bonds. The Morgan fingerprint density at radius 1 is 1.00 bits per heavy atom. The number of nitrogens with one attached hydrogen (secondary N) is 1. The number of carbonyl (C=O) groups excluding carboxylic acids is 1. The van der Waals surface area contributed by atoms with E-state index in [2.05, 4.69) is 20.1 Å². The number of anilines is 2. The van der Waals surface area contributed by atoms with Crippen LogP contribution in [-0.2, 0) is 0 Å². The van der Waals surface area contributed by atoms with Crippen LogP contribution in [0.1, 0.15) is 10.4 Å². The van der Waals surface area contributed by atoms with Gasteiger partial charge in [0.2, 0.25) is 11.9 Å². The van der Waals surface area contributed by atoms with Gasteiger partial charge in [-0.15, -0.1) is 18.3 Å². The summed E-state index contributed by atoms with van der Waals surface area (Å²) in [6.45, 7) is 0. The predicted molar refractivity (Wildman–Crippen MR) is 103 cm³/mol. The first-order chi connectivity index (χ1) is 14.3. The number of hydrogen-bond donors (Lipinski definition) is 2. The van der Waals surface area contributed by atoms with Gasteiger partial charge in [-0.1, -0.05) is 6.07 Å². The lowest BCUT2D eigenvalue weighted by atomic mass is 10.1. The molecule has 0 radical (unpaired) electrons. The summed E-state index contributed by atoms with van der Waals surface area (Å²) >= 11 is 0. The van der Waals surface area contributed by atoms with Crippen molar-refractivity contribution in [2.24, 2.45) is 5.73 Å². The van der Waals surface area contributed by atoms with Gasteiger partial charge in [0, 0.05) is 16.8 Å². The van der Waals surface area contributed by atoms with Crippen LogP contribution in [0, 0.1) is 0 Å². The van der Waals surface area contributed by atoms with Crippen molar-refractivity contribution >= 4 is 23.2 Å². The number of carbonyl (C=O) groups is 1. The van der Waals surface area contributed by atoms with E-state index in [1.165, 1.54) is 24.3 Å². The highest BCUT2D eigenvalue weighted by atomic mass is 19.4. The molecule has 2 aromatic carbocycles. The Balaban J connectivity index is 1.61. The van der Waals surface area contributed by atoms with Crippen LogP contribution in [0.3, 0.4) is 0 Å². The minimum absolute atomic E-state index is 0.307. The monoisotopic (exact) mass is 413 g/mol. The normalized spacial score (nSPS) is 11.4. The molecule has 4 aromatic rings. The zero-order valence-electron chi connectivity index (χ0n) is 15.2. The fourth-order valence-electron chi connectivity index (χ4n) is 2.85. The lowest BCUT2D eigenvalue weighted by Crippen LogP contribution is -2.16. The Bertz CT molecular complexity index is 1200. The van der Waals surface area contributed by atoms with Gasteiger partial charge in [0.15, 0.2) is 5.65 Å². The maximum Gasteiger partial charge on any atom is 0.573 e. The van der Waals surface area contributed by atoms with Crippen LogP contribution in [0.4, 0.5) is 24.8 Å². The maximum atomic E-state index is 12.3. The number of pyridine rings is 1. The van der Waals surface area contributed by atoms with Crippen LogP contribution in [0.2, 0.25) is 0 Å². The summed E-state index contributed by atoms with van der Waals surface area (Å²) in [4.78, 5) is 15.6. The predicted octanol–water partition coefficient (Wildman–Crippen LogP) is 4.14. The number of hydrogen-bond acceptors (Lipinski definition) is 5. The van der Waals surface area contributed by atoms with Gasteiger partial charge in [0.25, 0.3) is 0 Å². The van der Waals surface area contributed by atoms with Gasteiger partial charge < -0.3 is 15.8 Å². The van der Waals surface area contributed by atoms with Crippen molar-refractivity contribution in [1.29, 1.82) is 0 Å². The second kappa shape index (κ2) is 7.39. The number of ether oxygens (including phenoxy) is 1. The standard InChI is InChI=1S/C20H14F3N5O2/c21-20(22,23)30-15-10-6-12(7-11-15)16-2-1-3-17-26-19(27-28(16)17)25-14-8-4-13(5-9-14)18(24)29/h1-11H,(H2,24,29)(H,25,27). The van der Waals surface area contributed by atoms with E-state index in [-0.39, 0.29) is 5.75 Å². The third kappa shape index (κ3) is 4.17. The summed E-state index contributed by atoms with van der Waals surface area (Å²) < 4.78 is 42.5. The number of rotatable bonds is 5. The van der Waals surface area contributed by atoms with Gasteiger partial charge in [-0.2, -0.15) is 4.98 Å². The van der Waals surface area contributed by atoms with Crippen molar-refractivity contribution in [1.82, 2.24) is 14.6 Å². The summed E-state index contributed by atoms with van der Waals surface area (Å²) in [6.07, 6.45) is -4.75. The highest BCUT2D eigenvalue weighted by molar-refractivity contribution is 5.93. The van der Waals surface area contributed by atoms with Crippen LogP contribution in [0.15, 0.2) is 66.7 Å². The maximum absolute atomic E-state index is 12.3. The topological polar surface area (TPSA) is 94.5 Å². The molecule has 2 aromatic heterocycles. The van der Waals surface area contributed by atoms with E-state index in [0.717, 1.165) is 0 Å². The molecule has 7 nitrogen and oxygen atoms in total. The van der Waals surface area contributed by atoms with Crippen molar-refractivity contribution in [3.8, 4) is 17.0 Å². The van der Waals surface area contributed by atoms with Crippen molar-refractivity contribution in [2.45, 2.75) is 6.36 Å². The smallest absolute Gasteiger partial charge is 0.406 e. The van der Waals surface area contributed by atoms with Crippen LogP contribution < -0.4 is 15.8 Å². The van der Waals surface area contributed by atoms with Gasteiger partial charge in [-0.25, -0.2) is 4.52 Å². The molecular formula is C20H14F3N5O2. The molecule has 0 bridgehead atoms. The molecule has 4 rings (SSSR count). The Hall–Kier alpha value is -4.08. The zero-order chi connectivity index (χ0) is 21.3. The molecule has 0 spiro atoms. The number of fused-ring (bicyclic) bond motifs is 1. The third-order valence-corrected chi connectivity index (χ3v) is 4.17. The zero-order valence-corrected chi connectivity index (χ0v) is 15.2. The summed E-state index contributed by atoms with van der Waals surface area (Å²) in [5.41, 5.74) is 8.08. The number of nitrogens with zero attached hydrogens (tertiary/aromatic N) is 3. The molecule has 0 aliphatic rings. The molecule has 0 aliphatic carbocycles. The molecule has 0 unspecified atom stereocenters. The van der Waals surface area contributed by atoms with Gasteiger partial charge in [-0.3, -0.25) is 4.79 Å². The van der Waals surface area contributed by atoms with Gasteiger partial charge in [-0.05, 0) is 60.7 Å². The second-order valence-electron chi connectivity index (χ2n) is 6.26. The van der Waals surface area contributed by atoms with E-state index >= 15 is 0 Å². The Kier molecular flexibility index (Phi) is 4.74. The van der Waals surface area contributed by atoms with Crippen molar-refractivity contribution in [3.63, 3.8) is 0 Å². The minimum Gasteiger partial charge on any atom is -0.406 e. The number of benzene rings is 2. The average molecular weight is 413 g/mol. The molecule has 0 fully saturated rings. The number of aromatic nitrogens is 3. The molecule has 10 heteroatoms. The minimum atomic E-state index is -4.75. The summed E-state index contributed by atoms with van der Waals surface area (Å²) in [6, 6.07) is 17.3. The lowest BCUT2D eigenvalue weighted by molar-refractivity contribution is -0.274. The summed E-state index contributed by atoms with van der Waals surface area (Å²) in [5.74, 6) is -0.520. The quantitative estimate of drug-likeness (QED) is 0.513. The van der Waals surface area contributed by atoms with E-state index in [1.807, 2.05) is 0 Å². The molecular weight excluding hydrogens is 399 g/mol. The van der Waals surface area contributed by atoms with Crippen molar-refractivity contribution < 1.29 is 22.7 Å². The van der Waals surface area contributed by atoms with Gasteiger partial charge in [0.1, 0.15) is 5.75 Å². The number of nitrogens with two attached hydrogens (primary N) is 1. The largest absolute Gasteiger partial charge is 0.573 e. The molecule has 3 N–H and O–H groups in total. The molecule has 152 valence electrons. The van der Waals surface area contributed by atoms with E-state index in [9.17, 15) is 18.0 Å². The molecule has 0 atom stereocenters. The number of primary amides is 1. The first-order valence-electron chi connectivity index (χ1n) is 8.67. The highest BCUT2D eigenvalue weighted by Crippen LogP contribution is 2.27. The van der Waals surface area contributed by atoms with Gasteiger partial charge >= 0.3 is 6.36 Å². The van der Waals surface area contributed by atoms with E-state index in [4.69, 9.17) is 5.73 Å².